The lowest BCUT2D eigenvalue weighted by molar-refractivity contribution is 0.715. The molecular weight excluding hydrogens is 252 g/mol. The van der Waals surface area contributed by atoms with Crippen LogP contribution in [0.4, 0.5) is 5.82 Å². The fourth-order valence-corrected chi connectivity index (χ4v) is 2.18. The summed E-state index contributed by atoms with van der Waals surface area (Å²) in [6.45, 7) is 3.98. The summed E-state index contributed by atoms with van der Waals surface area (Å²) < 4.78 is 1.89. The summed E-state index contributed by atoms with van der Waals surface area (Å²) in [7, 11) is 1.92. The first-order valence-corrected chi connectivity index (χ1v) is 6.49. The zero-order valence-electron chi connectivity index (χ0n) is 11.7. The maximum absolute atomic E-state index is 4.62. The molecule has 0 aliphatic heterocycles. The SMILES string of the molecule is Cc1nc2ccccc2nc1NC(C)c1nncn1C. The molecular formula is C14H16N6. The third-order valence-corrected chi connectivity index (χ3v) is 3.23. The molecule has 20 heavy (non-hydrogen) atoms. The fourth-order valence-electron chi connectivity index (χ4n) is 2.18. The summed E-state index contributed by atoms with van der Waals surface area (Å²) in [6, 6.07) is 7.86. The molecule has 0 spiro atoms. The minimum Gasteiger partial charge on any atom is -0.359 e. The van der Waals surface area contributed by atoms with E-state index < -0.39 is 0 Å². The molecule has 102 valence electrons. The van der Waals surface area contributed by atoms with E-state index in [1.54, 1.807) is 6.33 Å². The van der Waals surface area contributed by atoms with Crippen LogP contribution in [0.5, 0.6) is 0 Å². The van der Waals surface area contributed by atoms with Crippen molar-refractivity contribution >= 4 is 16.9 Å². The lowest BCUT2D eigenvalue weighted by Gasteiger charge is -2.15. The molecule has 1 unspecified atom stereocenters. The molecule has 3 aromatic rings. The normalized spacial score (nSPS) is 12.6. The van der Waals surface area contributed by atoms with Crippen molar-refractivity contribution in [2.24, 2.45) is 7.05 Å². The molecule has 3 rings (SSSR count). The van der Waals surface area contributed by atoms with Crippen molar-refractivity contribution in [1.82, 2.24) is 24.7 Å². The molecule has 0 bridgehead atoms. The van der Waals surface area contributed by atoms with Crippen LogP contribution in [-0.2, 0) is 7.05 Å². The average Bonchev–Trinajstić information content (AvgIpc) is 2.86. The Kier molecular flexibility index (Phi) is 3.06. The molecule has 0 saturated carbocycles. The van der Waals surface area contributed by atoms with E-state index >= 15 is 0 Å². The number of nitrogens with one attached hydrogen (secondary N) is 1. The highest BCUT2D eigenvalue weighted by Crippen LogP contribution is 2.20. The molecule has 1 aromatic carbocycles. The molecule has 0 amide bonds. The zero-order chi connectivity index (χ0) is 14.1. The second kappa shape index (κ2) is 4.88. The molecule has 0 aliphatic rings. The highest BCUT2D eigenvalue weighted by atomic mass is 15.3. The Labute approximate surface area is 116 Å². The summed E-state index contributed by atoms with van der Waals surface area (Å²) in [5, 5.41) is 11.3. The minimum atomic E-state index is 0.0108. The predicted molar refractivity (Wildman–Crippen MR) is 77.3 cm³/mol. The first kappa shape index (κ1) is 12.5. The zero-order valence-corrected chi connectivity index (χ0v) is 11.7. The van der Waals surface area contributed by atoms with Crippen LogP contribution >= 0.6 is 0 Å². The molecule has 1 N–H and O–H groups in total. The second-order valence-electron chi connectivity index (χ2n) is 4.81. The number of benzene rings is 1. The van der Waals surface area contributed by atoms with E-state index in [2.05, 4.69) is 25.5 Å². The van der Waals surface area contributed by atoms with Crippen LogP contribution in [0.2, 0.25) is 0 Å². The molecule has 0 aliphatic carbocycles. The Hall–Kier alpha value is -2.50. The standard InChI is InChI=1S/C14H16N6/c1-9-13(17-10(2)14-19-15-8-20(14)3)18-12-7-5-4-6-11(12)16-9/h4-8,10H,1-3H3,(H,17,18). The van der Waals surface area contributed by atoms with Gasteiger partial charge in [-0.2, -0.15) is 0 Å². The van der Waals surface area contributed by atoms with Gasteiger partial charge >= 0.3 is 0 Å². The lowest BCUT2D eigenvalue weighted by atomic mass is 10.2. The number of hydrogen-bond acceptors (Lipinski definition) is 5. The summed E-state index contributed by atoms with van der Waals surface area (Å²) >= 11 is 0. The van der Waals surface area contributed by atoms with E-state index in [9.17, 15) is 0 Å². The first-order valence-electron chi connectivity index (χ1n) is 6.49. The summed E-state index contributed by atoms with van der Waals surface area (Å²) in [5.41, 5.74) is 2.66. The monoisotopic (exact) mass is 268 g/mol. The molecule has 2 heterocycles. The smallest absolute Gasteiger partial charge is 0.154 e. The van der Waals surface area contributed by atoms with Crippen molar-refractivity contribution in [3.05, 3.63) is 42.1 Å². The number of aromatic nitrogens is 5. The van der Waals surface area contributed by atoms with Crippen molar-refractivity contribution in [2.45, 2.75) is 19.9 Å². The maximum atomic E-state index is 4.62. The van der Waals surface area contributed by atoms with E-state index in [1.807, 2.05) is 49.7 Å². The summed E-state index contributed by atoms with van der Waals surface area (Å²) in [4.78, 5) is 9.19. The van der Waals surface area contributed by atoms with Gasteiger partial charge in [0.2, 0.25) is 0 Å². The Balaban J connectivity index is 1.94. The van der Waals surface area contributed by atoms with Gasteiger partial charge in [-0.1, -0.05) is 12.1 Å². The van der Waals surface area contributed by atoms with Gasteiger partial charge < -0.3 is 9.88 Å². The van der Waals surface area contributed by atoms with Crippen LogP contribution in [0.25, 0.3) is 11.0 Å². The van der Waals surface area contributed by atoms with E-state index in [0.717, 1.165) is 28.4 Å². The van der Waals surface area contributed by atoms with Crippen molar-refractivity contribution < 1.29 is 0 Å². The van der Waals surface area contributed by atoms with Gasteiger partial charge in [0.25, 0.3) is 0 Å². The largest absolute Gasteiger partial charge is 0.359 e. The maximum Gasteiger partial charge on any atom is 0.154 e. The van der Waals surface area contributed by atoms with Gasteiger partial charge in [-0.3, -0.25) is 0 Å². The van der Waals surface area contributed by atoms with Gasteiger partial charge in [-0.05, 0) is 26.0 Å². The molecule has 0 saturated heterocycles. The van der Waals surface area contributed by atoms with E-state index in [0.29, 0.717) is 0 Å². The third-order valence-electron chi connectivity index (χ3n) is 3.23. The number of anilines is 1. The van der Waals surface area contributed by atoms with Gasteiger partial charge in [0.05, 0.1) is 22.8 Å². The fraction of sp³-hybridized carbons (Fsp3) is 0.286. The first-order chi connectivity index (χ1) is 9.65. The van der Waals surface area contributed by atoms with Crippen LogP contribution in [0.3, 0.4) is 0 Å². The molecule has 0 fully saturated rings. The predicted octanol–water partition coefficient (Wildman–Crippen LogP) is 2.24. The number of nitrogens with zero attached hydrogens (tertiary/aromatic N) is 5. The van der Waals surface area contributed by atoms with Gasteiger partial charge in [0.1, 0.15) is 12.1 Å². The number of para-hydroxylation sites is 2. The highest BCUT2D eigenvalue weighted by molar-refractivity contribution is 5.76. The quantitative estimate of drug-likeness (QED) is 0.789. The summed E-state index contributed by atoms with van der Waals surface area (Å²) in [6.07, 6.45) is 1.69. The van der Waals surface area contributed by atoms with Gasteiger partial charge in [-0.25, -0.2) is 9.97 Å². The van der Waals surface area contributed by atoms with Crippen LogP contribution in [0.1, 0.15) is 24.5 Å². The van der Waals surface area contributed by atoms with Crippen LogP contribution in [-0.4, -0.2) is 24.7 Å². The molecule has 0 radical (unpaired) electrons. The number of rotatable bonds is 3. The van der Waals surface area contributed by atoms with E-state index in [4.69, 9.17) is 0 Å². The Bertz CT molecular complexity index is 748. The van der Waals surface area contributed by atoms with Crippen LogP contribution < -0.4 is 5.32 Å². The van der Waals surface area contributed by atoms with Gasteiger partial charge in [0.15, 0.2) is 5.82 Å². The van der Waals surface area contributed by atoms with Crippen molar-refractivity contribution in [2.75, 3.05) is 5.32 Å². The minimum absolute atomic E-state index is 0.0108. The second-order valence-corrected chi connectivity index (χ2v) is 4.81. The summed E-state index contributed by atoms with van der Waals surface area (Å²) in [5.74, 6) is 1.64. The lowest BCUT2D eigenvalue weighted by Crippen LogP contribution is -2.14. The van der Waals surface area contributed by atoms with Crippen molar-refractivity contribution in [3.63, 3.8) is 0 Å². The number of fused-ring (bicyclic) bond motifs is 1. The van der Waals surface area contributed by atoms with Crippen molar-refractivity contribution in [1.29, 1.82) is 0 Å². The Morgan fingerprint density at radius 3 is 2.50 bits per heavy atom. The molecule has 6 heteroatoms. The molecule has 2 aromatic heterocycles. The number of hydrogen-bond donors (Lipinski definition) is 1. The third kappa shape index (κ3) is 2.20. The van der Waals surface area contributed by atoms with E-state index in [1.165, 1.54) is 0 Å². The van der Waals surface area contributed by atoms with Crippen LogP contribution in [0, 0.1) is 6.92 Å². The Morgan fingerprint density at radius 1 is 1.15 bits per heavy atom. The molecule has 1 atom stereocenters. The molecule has 6 nitrogen and oxygen atoms in total. The Morgan fingerprint density at radius 2 is 1.85 bits per heavy atom. The topological polar surface area (TPSA) is 68.5 Å². The highest BCUT2D eigenvalue weighted by Gasteiger charge is 2.13. The van der Waals surface area contributed by atoms with Gasteiger partial charge in [-0.15, -0.1) is 10.2 Å². The van der Waals surface area contributed by atoms with Gasteiger partial charge in [0, 0.05) is 7.05 Å². The van der Waals surface area contributed by atoms with Crippen LogP contribution in [0.15, 0.2) is 30.6 Å². The average molecular weight is 268 g/mol. The van der Waals surface area contributed by atoms with Crippen molar-refractivity contribution in [3.8, 4) is 0 Å². The van der Waals surface area contributed by atoms with E-state index in [-0.39, 0.29) is 6.04 Å². The number of aryl methyl sites for hydroxylation is 2.